The molecule has 1 unspecified atom stereocenters. The molecule has 7 nitrogen and oxygen atoms in total. The summed E-state index contributed by atoms with van der Waals surface area (Å²) in [6.07, 6.45) is 8.13. The molecule has 1 aliphatic rings. The van der Waals surface area contributed by atoms with Crippen LogP contribution in [-0.4, -0.2) is 32.9 Å². The van der Waals surface area contributed by atoms with Crippen LogP contribution in [0.3, 0.4) is 0 Å². The van der Waals surface area contributed by atoms with Crippen molar-refractivity contribution >= 4 is 46.2 Å². The molecule has 0 aliphatic carbocycles. The van der Waals surface area contributed by atoms with Gasteiger partial charge in [0.15, 0.2) is 0 Å². The molecule has 2 heterocycles. The maximum absolute atomic E-state index is 11.8. The van der Waals surface area contributed by atoms with E-state index >= 15 is 0 Å². The molecule has 8 heteroatoms. The number of carbonyl (C=O) groups excluding carboxylic acids is 1. The molecule has 1 aliphatic heterocycles. The Morgan fingerprint density at radius 2 is 2.13 bits per heavy atom. The van der Waals surface area contributed by atoms with Crippen molar-refractivity contribution in [3.63, 3.8) is 0 Å². The molecule has 0 saturated carbocycles. The highest BCUT2D eigenvalue weighted by molar-refractivity contribution is 8.01. The number of nitrogens with zero attached hydrogens (tertiary/aromatic N) is 3. The minimum Gasteiger partial charge on any atom is -0.346 e. The van der Waals surface area contributed by atoms with Crippen LogP contribution in [-0.2, 0) is 11.3 Å². The molecule has 158 valence electrons. The van der Waals surface area contributed by atoms with Crippen LogP contribution in [0.1, 0.15) is 13.3 Å². The minimum atomic E-state index is -0.477. The van der Waals surface area contributed by atoms with Gasteiger partial charge in [-0.15, -0.1) is 11.8 Å². The van der Waals surface area contributed by atoms with Crippen LogP contribution in [0.25, 0.3) is 10.9 Å². The number of allylic oxidation sites excluding steroid dienone is 1. The molecule has 0 bridgehead atoms. The molecule has 0 saturated heterocycles. The number of aliphatic imine (C=N–C) groups is 1. The van der Waals surface area contributed by atoms with Gasteiger partial charge >= 0.3 is 0 Å². The second-order valence-corrected chi connectivity index (χ2v) is 8.82. The Labute approximate surface area is 184 Å². The van der Waals surface area contributed by atoms with E-state index in [2.05, 4.69) is 21.0 Å². The van der Waals surface area contributed by atoms with Crippen LogP contribution >= 0.6 is 11.8 Å². The van der Waals surface area contributed by atoms with Crippen molar-refractivity contribution in [2.75, 3.05) is 11.9 Å². The van der Waals surface area contributed by atoms with E-state index in [4.69, 9.17) is 0 Å². The number of thioether (sulfide) groups is 1. The van der Waals surface area contributed by atoms with Crippen molar-refractivity contribution in [3.05, 3.63) is 77.0 Å². The largest absolute Gasteiger partial charge is 0.346 e. The molecule has 1 amide bonds. The van der Waals surface area contributed by atoms with Gasteiger partial charge in [0.2, 0.25) is 5.91 Å². The number of fused-ring (bicyclic) bond motifs is 1. The van der Waals surface area contributed by atoms with Gasteiger partial charge in [0.1, 0.15) is 0 Å². The zero-order chi connectivity index (χ0) is 21.8. The standard InChI is InChI=1S/C23H22N4O3S/c1-2-22(28)25-18-9-8-17-10-13-26(20(17)14-18)16-23(11-5-12-24-15-23)31-21-7-4-3-6-19(21)27(29)30/h3-14H,2,15-16H2,1H3,(H,25,28). The number of carbonyl (C=O) groups is 1. The number of para-hydroxylation sites is 1. The highest BCUT2D eigenvalue weighted by Crippen LogP contribution is 2.42. The van der Waals surface area contributed by atoms with Crippen LogP contribution in [0.4, 0.5) is 11.4 Å². The van der Waals surface area contributed by atoms with Gasteiger partial charge in [-0.2, -0.15) is 0 Å². The number of hydrogen-bond acceptors (Lipinski definition) is 5. The Morgan fingerprint density at radius 1 is 1.29 bits per heavy atom. The summed E-state index contributed by atoms with van der Waals surface area (Å²) < 4.78 is 1.64. The Balaban J connectivity index is 1.69. The van der Waals surface area contributed by atoms with E-state index in [1.165, 1.54) is 17.8 Å². The summed E-state index contributed by atoms with van der Waals surface area (Å²) in [4.78, 5) is 28.0. The van der Waals surface area contributed by atoms with Gasteiger partial charge < -0.3 is 9.88 Å². The number of amides is 1. The zero-order valence-corrected chi connectivity index (χ0v) is 17.8. The molecule has 4 rings (SSSR count). The number of nitro benzene ring substituents is 1. The predicted molar refractivity (Wildman–Crippen MR) is 125 cm³/mol. The summed E-state index contributed by atoms with van der Waals surface area (Å²) in [6, 6.07) is 14.7. The third kappa shape index (κ3) is 4.54. The summed E-state index contributed by atoms with van der Waals surface area (Å²) in [6.45, 7) is 2.90. The second-order valence-electron chi connectivity index (χ2n) is 7.36. The summed E-state index contributed by atoms with van der Waals surface area (Å²) in [5, 5.41) is 15.5. The second kappa shape index (κ2) is 8.77. The maximum atomic E-state index is 11.8. The van der Waals surface area contributed by atoms with Crippen molar-refractivity contribution < 1.29 is 9.72 Å². The highest BCUT2D eigenvalue weighted by Gasteiger charge is 2.33. The van der Waals surface area contributed by atoms with Gasteiger partial charge in [-0.3, -0.25) is 19.9 Å². The van der Waals surface area contributed by atoms with Crippen molar-refractivity contribution in [2.24, 2.45) is 4.99 Å². The summed E-state index contributed by atoms with van der Waals surface area (Å²) >= 11 is 1.46. The van der Waals surface area contributed by atoms with E-state index in [1.807, 2.05) is 49.5 Å². The number of benzene rings is 2. The smallest absolute Gasteiger partial charge is 0.282 e. The van der Waals surface area contributed by atoms with Gasteiger partial charge in [0.25, 0.3) is 5.69 Å². The fraction of sp³-hybridized carbons (Fsp3) is 0.217. The lowest BCUT2D eigenvalue weighted by Gasteiger charge is -2.31. The highest BCUT2D eigenvalue weighted by atomic mass is 32.2. The van der Waals surface area contributed by atoms with Crippen LogP contribution in [0.15, 0.2) is 76.8 Å². The first-order valence-corrected chi connectivity index (χ1v) is 10.8. The molecule has 0 fully saturated rings. The van der Waals surface area contributed by atoms with E-state index < -0.39 is 4.75 Å². The summed E-state index contributed by atoms with van der Waals surface area (Å²) in [5.74, 6) is -0.0366. The first-order valence-electron chi connectivity index (χ1n) is 9.98. The first kappa shape index (κ1) is 20.9. The maximum Gasteiger partial charge on any atom is 0.282 e. The molecule has 1 aromatic heterocycles. The van der Waals surface area contributed by atoms with E-state index in [9.17, 15) is 14.9 Å². The van der Waals surface area contributed by atoms with Crippen molar-refractivity contribution in [2.45, 2.75) is 29.5 Å². The Morgan fingerprint density at radius 3 is 2.87 bits per heavy atom. The Bertz CT molecular complexity index is 1200. The normalized spacial score (nSPS) is 17.7. The van der Waals surface area contributed by atoms with Gasteiger partial charge in [-0.1, -0.05) is 31.2 Å². The molecule has 3 aromatic rings. The van der Waals surface area contributed by atoms with Crippen molar-refractivity contribution in [1.82, 2.24) is 4.57 Å². The molecule has 31 heavy (non-hydrogen) atoms. The molecule has 2 aromatic carbocycles. The number of aromatic nitrogens is 1. The molecule has 0 radical (unpaired) electrons. The zero-order valence-electron chi connectivity index (χ0n) is 17.0. The van der Waals surface area contributed by atoms with E-state index in [0.29, 0.717) is 24.4 Å². The number of dihydropyridines is 1. The third-order valence-corrected chi connectivity index (χ3v) is 6.51. The molecular weight excluding hydrogens is 412 g/mol. The lowest BCUT2D eigenvalue weighted by molar-refractivity contribution is -0.387. The van der Waals surface area contributed by atoms with E-state index in [1.54, 1.807) is 18.3 Å². The van der Waals surface area contributed by atoms with Crippen LogP contribution in [0.2, 0.25) is 0 Å². The van der Waals surface area contributed by atoms with Crippen LogP contribution < -0.4 is 5.32 Å². The number of anilines is 1. The number of hydrogen-bond donors (Lipinski definition) is 1. The van der Waals surface area contributed by atoms with Crippen molar-refractivity contribution in [3.8, 4) is 0 Å². The topological polar surface area (TPSA) is 89.5 Å². The minimum absolute atomic E-state index is 0.0366. The molecular formula is C23H22N4O3S. The number of rotatable bonds is 7. The van der Waals surface area contributed by atoms with Crippen LogP contribution in [0.5, 0.6) is 0 Å². The van der Waals surface area contributed by atoms with Crippen LogP contribution in [0, 0.1) is 10.1 Å². The summed E-state index contributed by atoms with van der Waals surface area (Å²) in [5.41, 5.74) is 1.83. The van der Waals surface area contributed by atoms with Gasteiger partial charge in [0.05, 0.1) is 26.6 Å². The number of nitro groups is 1. The predicted octanol–water partition coefficient (Wildman–Crippen LogP) is 5.07. The molecule has 0 spiro atoms. The fourth-order valence-electron chi connectivity index (χ4n) is 3.59. The lowest BCUT2D eigenvalue weighted by atomic mass is 10.1. The van der Waals surface area contributed by atoms with E-state index in [0.717, 1.165) is 16.6 Å². The van der Waals surface area contributed by atoms with Gasteiger partial charge in [0, 0.05) is 37.1 Å². The number of nitrogens with one attached hydrogen (secondary N) is 1. The first-order chi connectivity index (χ1) is 15.0. The average Bonchev–Trinajstić information content (AvgIpc) is 3.16. The molecule has 1 N–H and O–H groups in total. The molecule has 1 atom stereocenters. The van der Waals surface area contributed by atoms with Gasteiger partial charge in [-0.05, 0) is 35.7 Å². The Kier molecular flexibility index (Phi) is 5.90. The average molecular weight is 435 g/mol. The van der Waals surface area contributed by atoms with E-state index in [-0.39, 0.29) is 16.5 Å². The lowest BCUT2D eigenvalue weighted by Crippen LogP contribution is -2.33. The Hall–Kier alpha value is -3.39. The quantitative estimate of drug-likeness (QED) is 0.415. The fourth-order valence-corrected chi connectivity index (χ4v) is 4.91. The van der Waals surface area contributed by atoms with Crippen molar-refractivity contribution in [1.29, 1.82) is 0 Å². The third-order valence-electron chi connectivity index (χ3n) is 5.14. The monoisotopic (exact) mass is 434 g/mol. The van der Waals surface area contributed by atoms with Gasteiger partial charge in [-0.25, -0.2) is 0 Å². The SMILES string of the molecule is CCC(=O)Nc1ccc2ccn(CC3(Sc4ccccc4[N+](=O)[O-])C=CC=NC3)c2c1. The summed E-state index contributed by atoms with van der Waals surface area (Å²) in [7, 11) is 0.